The summed E-state index contributed by atoms with van der Waals surface area (Å²) in [6, 6.07) is 0.272. The summed E-state index contributed by atoms with van der Waals surface area (Å²) < 4.78 is 0. The summed E-state index contributed by atoms with van der Waals surface area (Å²) in [7, 11) is 0. The van der Waals surface area contributed by atoms with Crippen LogP contribution in [0.1, 0.15) is 43.1 Å². The van der Waals surface area contributed by atoms with E-state index in [1.54, 1.807) is 0 Å². The zero-order valence-electron chi connectivity index (χ0n) is 11.7. The van der Waals surface area contributed by atoms with E-state index in [1.165, 1.54) is 0 Å². The molecule has 2 fully saturated rings. The number of hydrogen-bond acceptors (Lipinski definition) is 4. The van der Waals surface area contributed by atoms with E-state index in [1.807, 2.05) is 18.7 Å². The number of nitrogens with zero attached hydrogens (tertiary/aromatic N) is 3. The molecule has 3 unspecified atom stereocenters. The molecular weight excluding hydrogens is 242 g/mol. The number of carbonyl (C=O) groups is 1. The topological polar surface area (TPSA) is 73.9 Å². The average Bonchev–Trinajstić information content (AvgIpc) is 3.05. The van der Waals surface area contributed by atoms with Crippen molar-refractivity contribution in [2.45, 2.75) is 32.7 Å². The lowest BCUT2D eigenvalue weighted by atomic mass is 9.95. The van der Waals surface area contributed by atoms with Crippen molar-refractivity contribution >= 4 is 5.91 Å². The standard InChI is InChI=1S/C13H21N5O/c1-7(2)11-15-12(17-16-11)13(19)18-6-9-4-14-5-10(9)8(18)3/h7-10,14H,4-6H2,1-3H3,(H,15,16,17). The Balaban J connectivity index is 1.77. The minimum atomic E-state index is -0.0370. The molecule has 0 bridgehead atoms. The second-order valence-electron chi connectivity index (χ2n) is 5.98. The van der Waals surface area contributed by atoms with Gasteiger partial charge < -0.3 is 10.2 Å². The molecule has 0 spiro atoms. The maximum atomic E-state index is 12.5. The van der Waals surface area contributed by atoms with Crippen LogP contribution in [0.15, 0.2) is 0 Å². The molecule has 2 aliphatic rings. The number of likely N-dealkylation sites (tertiary alicyclic amines) is 1. The van der Waals surface area contributed by atoms with E-state index >= 15 is 0 Å². The first kappa shape index (κ1) is 12.6. The van der Waals surface area contributed by atoms with Crippen LogP contribution in [0.2, 0.25) is 0 Å². The molecule has 19 heavy (non-hydrogen) atoms. The van der Waals surface area contributed by atoms with Crippen LogP contribution in [-0.2, 0) is 0 Å². The summed E-state index contributed by atoms with van der Waals surface area (Å²) in [5.41, 5.74) is 0. The lowest BCUT2D eigenvalue weighted by molar-refractivity contribution is 0.0716. The van der Waals surface area contributed by atoms with E-state index in [4.69, 9.17) is 0 Å². The Labute approximate surface area is 113 Å². The zero-order valence-corrected chi connectivity index (χ0v) is 11.7. The molecule has 1 amide bonds. The quantitative estimate of drug-likeness (QED) is 0.820. The van der Waals surface area contributed by atoms with E-state index in [0.29, 0.717) is 17.7 Å². The highest BCUT2D eigenvalue weighted by atomic mass is 16.2. The molecular formula is C13H21N5O. The van der Waals surface area contributed by atoms with Crippen molar-refractivity contribution in [3.05, 3.63) is 11.6 Å². The van der Waals surface area contributed by atoms with Gasteiger partial charge in [0.1, 0.15) is 5.82 Å². The monoisotopic (exact) mass is 263 g/mol. The lowest BCUT2D eigenvalue weighted by Crippen LogP contribution is -2.38. The van der Waals surface area contributed by atoms with Crippen LogP contribution in [0.5, 0.6) is 0 Å². The number of amides is 1. The Morgan fingerprint density at radius 2 is 2.21 bits per heavy atom. The van der Waals surface area contributed by atoms with Crippen LogP contribution in [-0.4, -0.2) is 51.7 Å². The van der Waals surface area contributed by atoms with Crippen molar-refractivity contribution in [3.63, 3.8) is 0 Å². The highest BCUT2D eigenvalue weighted by Gasteiger charge is 2.44. The molecule has 3 rings (SSSR count). The molecule has 0 aliphatic carbocycles. The molecule has 3 heterocycles. The Hall–Kier alpha value is -1.43. The largest absolute Gasteiger partial charge is 0.332 e. The third kappa shape index (κ3) is 2.04. The summed E-state index contributed by atoms with van der Waals surface area (Å²) in [4.78, 5) is 18.7. The highest BCUT2D eigenvalue weighted by Crippen LogP contribution is 2.32. The molecule has 1 aromatic rings. The number of carbonyl (C=O) groups excluding carboxylic acids is 1. The number of fused-ring (bicyclic) bond motifs is 1. The van der Waals surface area contributed by atoms with Crippen LogP contribution in [0.3, 0.4) is 0 Å². The Morgan fingerprint density at radius 1 is 1.42 bits per heavy atom. The first-order chi connectivity index (χ1) is 9.08. The predicted octanol–water partition coefficient (Wildman–Crippen LogP) is 0.608. The van der Waals surface area contributed by atoms with Gasteiger partial charge in [0.15, 0.2) is 0 Å². The van der Waals surface area contributed by atoms with Crippen LogP contribution in [0, 0.1) is 11.8 Å². The van der Waals surface area contributed by atoms with Gasteiger partial charge in [0, 0.05) is 31.6 Å². The van der Waals surface area contributed by atoms with Crippen molar-refractivity contribution in [2.24, 2.45) is 11.8 Å². The van der Waals surface area contributed by atoms with Crippen molar-refractivity contribution in [1.29, 1.82) is 0 Å². The lowest BCUT2D eigenvalue weighted by Gasteiger charge is -2.23. The van der Waals surface area contributed by atoms with Gasteiger partial charge in [-0.25, -0.2) is 4.98 Å². The first-order valence-corrected chi connectivity index (χ1v) is 7.02. The molecule has 2 N–H and O–H groups in total. The Bertz CT molecular complexity index is 483. The van der Waals surface area contributed by atoms with Crippen LogP contribution in [0.4, 0.5) is 0 Å². The molecule has 0 radical (unpaired) electrons. The summed E-state index contributed by atoms with van der Waals surface area (Å²) in [5, 5.41) is 10.3. The van der Waals surface area contributed by atoms with Gasteiger partial charge in [-0.15, -0.1) is 5.10 Å². The maximum Gasteiger partial charge on any atom is 0.293 e. The Kier molecular flexibility index (Phi) is 3.05. The van der Waals surface area contributed by atoms with Crippen molar-refractivity contribution < 1.29 is 4.79 Å². The molecule has 104 valence electrons. The fraction of sp³-hybridized carbons (Fsp3) is 0.769. The van der Waals surface area contributed by atoms with Gasteiger partial charge in [0.25, 0.3) is 5.91 Å². The Morgan fingerprint density at radius 3 is 2.84 bits per heavy atom. The fourth-order valence-electron chi connectivity index (χ4n) is 3.19. The van der Waals surface area contributed by atoms with Crippen molar-refractivity contribution in [1.82, 2.24) is 25.4 Å². The van der Waals surface area contributed by atoms with Crippen molar-refractivity contribution in [2.75, 3.05) is 19.6 Å². The maximum absolute atomic E-state index is 12.5. The molecule has 1 aromatic heterocycles. The third-order valence-electron chi connectivity index (χ3n) is 4.44. The summed E-state index contributed by atoms with van der Waals surface area (Å²) in [5.74, 6) is 2.47. The van der Waals surface area contributed by atoms with Crippen LogP contribution in [0.25, 0.3) is 0 Å². The van der Waals surface area contributed by atoms with Gasteiger partial charge in [0.2, 0.25) is 5.82 Å². The second kappa shape index (κ2) is 4.59. The second-order valence-corrected chi connectivity index (χ2v) is 5.98. The normalized spacial score (nSPS) is 30.1. The number of aromatic amines is 1. The van der Waals surface area contributed by atoms with Gasteiger partial charge >= 0.3 is 0 Å². The van der Waals surface area contributed by atoms with E-state index < -0.39 is 0 Å². The van der Waals surface area contributed by atoms with E-state index in [2.05, 4.69) is 27.4 Å². The van der Waals surface area contributed by atoms with Crippen LogP contribution >= 0.6 is 0 Å². The van der Waals surface area contributed by atoms with Gasteiger partial charge in [-0.3, -0.25) is 9.89 Å². The number of hydrogen-bond donors (Lipinski definition) is 2. The minimum Gasteiger partial charge on any atom is -0.332 e. The predicted molar refractivity (Wildman–Crippen MR) is 70.8 cm³/mol. The number of aromatic nitrogens is 3. The molecule has 0 saturated carbocycles. The number of H-pyrrole nitrogens is 1. The fourth-order valence-corrected chi connectivity index (χ4v) is 3.19. The average molecular weight is 263 g/mol. The van der Waals surface area contributed by atoms with E-state index in [-0.39, 0.29) is 17.9 Å². The molecule has 2 aliphatic heterocycles. The van der Waals surface area contributed by atoms with E-state index in [0.717, 1.165) is 25.5 Å². The molecule has 0 aromatic carbocycles. The third-order valence-corrected chi connectivity index (χ3v) is 4.44. The van der Waals surface area contributed by atoms with Gasteiger partial charge in [-0.1, -0.05) is 13.8 Å². The summed E-state index contributed by atoms with van der Waals surface area (Å²) in [6.45, 7) is 9.05. The van der Waals surface area contributed by atoms with Crippen LogP contribution < -0.4 is 5.32 Å². The van der Waals surface area contributed by atoms with E-state index in [9.17, 15) is 4.79 Å². The highest BCUT2D eigenvalue weighted by molar-refractivity contribution is 5.90. The first-order valence-electron chi connectivity index (χ1n) is 7.02. The summed E-state index contributed by atoms with van der Waals surface area (Å²) in [6.07, 6.45) is 0. The number of nitrogens with one attached hydrogen (secondary N) is 2. The molecule has 2 saturated heterocycles. The van der Waals surface area contributed by atoms with Gasteiger partial charge in [0.05, 0.1) is 0 Å². The van der Waals surface area contributed by atoms with Crippen molar-refractivity contribution in [3.8, 4) is 0 Å². The minimum absolute atomic E-state index is 0.0370. The smallest absolute Gasteiger partial charge is 0.293 e. The number of rotatable bonds is 2. The SMILES string of the molecule is CC(C)c1nc(C(=O)N2CC3CNCC3C2C)n[nH]1. The van der Waals surface area contributed by atoms with Gasteiger partial charge in [-0.2, -0.15) is 0 Å². The molecule has 3 atom stereocenters. The summed E-state index contributed by atoms with van der Waals surface area (Å²) >= 11 is 0. The molecule has 6 nitrogen and oxygen atoms in total. The van der Waals surface area contributed by atoms with Gasteiger partial charge in [-0.05, 0) is 18.8 Å². The molecule has 6 heteroatoms. The zero-order chi connectivity index (χ0) is 13.6.